The van der Waals surface area contributed by atoms with Gasteiger partial charge in [0.15, 0.2) is 5.82 Å². The average molecular weight is 350 g/mol. The van der Waals surface area contributed by atoms with Gasteiger partial charge in [-0.25, -0.2) is 0 Å². The van der Waals surface area contributed by atoms with Crippen LogP contribution in [-0.2, 0) is 11.3 Å². The number of ether oxygens (including phenoxy) is 1. The van der Waals surface area contributed by atoms with E-state index in [0.29, 0.717) is 18.9 Å². The highest BCUT2D eigenvalue weighted by atomic mass is 19.4. The number of hydrogen-bond acceptors (Lipinski definition) is 6. The molecule has 2 heterocycles. The number of alkyl halides is 3. The number of aromatic nitrogens is 2. The van der Waals surface area contributed by atoms with Gasteiger partial charge in [-0.15, -0.1) is 0 Å². The van der Waals surface area contributed by atoms with Crippen molar-refractivity contribution in [2.45, 2.75) is 38.9 Å². The smallest absolute Gasteiger partial charge is 0.372 e. The first-order valence-corrected chi connectivity index (χ1v) is 8.25. The summed E-state index contributed by atoms with van der Waals surface area (Å²) >= 11 is 0. The summed E-state index contributed by atoms with van der Waals surface area (Å²) in [5, 5.41) is 3.95. The molecule has 1 aliphatic heterocycles. The molecule has 138 valence electrons. The van der Waals surface area contributed by atoms with Crippen LogP contribution in [0, 0.1) is 0 Å². The van der Waals surface area contributed by atoms with Gasteiger partial charge in [0, 0.05) is 45.2 Å². The Morgan fingerprint density at radius 1 is 1.17 bits per heavy atom. The van der Waals surface area contributed by atoms with E-state index < -0.39 is 12.8 Å². The Kier molecular flexibility index (Phi) is 7.00. The summed E-state index contributed by atoms with van der Waals surface area (Å²) in [5.74, 6) is 1.61. The van der Waals surface area contributed by atoms with E-state index in [1.165, 1.54) is 0 Å². The third-order valence-electron chi connectivity index (χ3n) is 3.85. The molecule has 1 aliphatic rings. The molecule has 2 rings (SSSR count). The van der Waals surface area contributed by atoms with E-state index in [-0.39, 0.29) is 12.5 Å². The molecule has 0 amide bonds. The molecule has 6 nitrogen and oxygen atoms in total. The van der Waals surface area contributed by atoms with E-state index in [1.807, 2.05) is 13.8 Å². The highest BCUT2D eigenvalue weighted by molar-refractivity contribution is 4.92. The maximum atomic E-state index is 11.9. The highest BCUT2D eigenvalue weighted by Gasteiger charge is 2.27. The summed E-state index contributed by atoms with van der Waals surface area (Å²) in [6.07, 6.45) is -3.63. The van der Waals surface area contributed by atoms with Crippen molar-refractivity contribution in [1.29, 1.82) is 0 Å². The second kappa shape index (κ2) is 8.77. The highest BCUT2D eigenvalue weighted by Crippen LogP contribution is 2.15. The van der Waals surface area contributed by atoms with Crippen LogP contribution < -0.4 is 0 Å². The largest absolute Gasteiger partial charge is 0.411 e. The number of hydrogen-bond donors (Lipinski definition) is 0. The lowest BCUT2D eigenvalue weighted by Gasteiger charge is -2.33. The molecule has 0 atom stereocenters. The molecule has 24 heavy (non-hydrogen) atoms. The Labute approximate surface area is 139 Å². The van der Waals surface area contributed by atoms with Gasteiger partial charge in [0.05, 0.1) is 6.54 Å². The van der Waals surface area contributed by atoms with Gasteiger partial charge in [-0.05, 0) is 6.42 Å². The first-order valence-electron chi connectivity index (χ1n) is 8.25. The molecular weight excluding hydrogens is 325 g/mol. The van der Waals surface area contributed by atoms with Gasteiger partial charge < -0.3 is 14.2 Å². The summed E-state index contributed by atoms with van der Waals surface area (Å²) in [7, 11) is 0. The lowest BCUT2D eigenvalue weighted by Crippen LogP contribution is -2.46. The van der Waals surface area contributed by atoms with E-state index in [2.05, 4.69) is 24.7 Å². The van der Waals surface area contributed by atoms with Crippen molar-refractivity contribution in [2.24, 2.45) is 0 Å². The van der Waals surface area contributed by atoms with E-state index >= 15 is 0 Å². The molecular formula is C15H25F3N4O2. The van der Waals surface area contributed by atoms with Crippen molar-refractivity contribution in [2.75, 3.05) is 45.9 Å². The minimum Gasteiger partial charge on any atom is -0.372 e. The minimum atomic E-state index is -4.24. The number of rotatable bonds is 8. The SMILES string of the molecule is CC(C)c1noc(CN2CCN(CCCOCC(F)(F)F)CC2)n1. The Morgan fingerprint density at radius 2 is 1.83 bits per heavy atom. The molecule has 0 spiro atoms. The van der Waals surface area contributed by atoms with E-state index in [1.54, 1.807) is 0 Å². The fourth-order valence-corrected chi connectivity index (χ4v) is 2.51. The quantitative estimate of drug-likeness (QED) is 0.671. The third kappa shape index (κ3) is 6.74. The second-order valence-corrected chi connectivity index (χ2v) is 6.34. The summed E-state index contributed by atoms with van der Waals surface area (Å²) in [4.78, 5) is 8.85. The molecule has 1 fully saturated rings. The Hall–Kier alpha value is -1.19. The zero-order chi connectivity index (χ0) is 17.6. The molecule has 0 saturated carbocycles. The summed E-state index contributed by atoms with van der Waals surface area (Å²) in [5.41, 5.74) is 0. The van der Waals surface area contributed by atoms with Crippen molar-refractivity contribution in [3.05, 3.63) is 11.7 Å². The molecule has 0 radical (unpaired) electrons. The van der Waals surface area contributed by atoms with Gasteiger partial charge in [-0.3, -0.25) is 4.90 Å². The van der Waals surface area contributed by atoms with Gasteiger partial charge in [0.25, 0.3) is 0 Å². The molecule has 1 aromatic rings. The maximum Gasteiger partial charge on any atom is 0.411 e. The van der Waals surface area contributed by atoms with Crippen molar-refractivity contribution < 1.29 is 22.4 Å². The van der Waals surface area contributed by atoms with Gasteiger partial charge in [0.2, 0.25) is 5.89 Å². The van der Waals surface area contributed by atoms with Gasteiger partial charge >= 0.3 is 6.18 Å². The average Bonchev–Trinajstić information content (AvgIpc) is 2.96. The van der Waals surface area contributed by atoms with Gasteiger partial charge in [-0.2, -0.15) is 18.2 Å². The molecule has 0 aliphatic carbocycles. The maximum absolute atomic E-state index is 11.9. The van der Waals surface area contributed by atoms with E-state index in [9.17, 15) is 13.2 Å². The molecule has 0 bridgehead atoms. The van der Waals surface area contributed by atoms with Crippen LogP contribution in [-0.4, -0.2) is 72.1 Å². The van der Waals surface area contributed by atoms with Crippen molar-refractivity contribution in [3.8, 4) is 0 Å². The summed E-state index contributed by atoms with van der Waals surface area (Å²) in [6, 6.07) is 0. The van der Waals surface area contributed by atoms with Crippen LogP contribution in [0.3, 0.4) is 0 Å². The van der Waals surface area contributed by atoms with Crippen LogP contribution in [0.25, 0.3) is 0 Å². The minimum absolute atomic E-state index is 0.139. The van der Waals surface area contributed by atoms with Crippen LogP contribution in [0.15, 0.2) is 4.52 Å². The first-order chi connectivity index (χ1) is 11.3. The lowest BCUT2D eigenvalue weighted by atomic mass is 10.2. The standard InChI is InChI=1S/C15H25F3N4O2/c1-12(2)14-19-13(24-20-14)10-22-7-5-21(6-8-22)4-3-9-23-11-15(16,17)18/h12H,3-11H2,1-2H3. The number of piperazine rings is 1. The normalized spacial score (nSPS) is 17.8. The Morgan fingerprint density at radius 3 is 2.42 bits per heavy atom. The predicted molar refractivity (Wildman–Crippen MR) is 81.6 cm³/mol. The van der Waals surface area contributed by atoms with Crippen molar-refractivity contribution in [3.63, 3.8) is 0 Å². The summed E-state index contributed by atoms with van der Waals surface area (Å²) in [6.45, 7) is 7.92. The molecule has 0 aromatic carbocycles. The zero-order valence-electron chi connectivity index (χ0n) is 14.2. The topological polar surface area (TPSA) is 54.6 Å². The third-order valence-corrected chi connectivity index (χ3v) is 3.85. The summed E-state index contributed by atoms with van der Waals surface area (Å²) < 4.78 is 45.7. The van der Waals surface area contributed by atoms with Gasteiger partial charge in [-0.1, -0.05) is 19.0 Å². The lowest BCUT2D eigenvalue weighted by molar-refractivity contribution is -0.174. The van der Waals surface area contributed by atoms with Crippen LogP contribution in [0.5, 0.6) is 0 Å². The number of halogens is 3. The molecule has 1 saturated heterocycles. The first kappa shape index (κ1) is 19.1. The fraction of sp³-hybridized carbons (Fsp3) is 0.867. The molecule has 9 heteroatoms. The monoisotopic (exact) mass is 350 g/mol. The van der Waals surface area contributed by atoms with Crippen molar-refractivity contribution >= 4 is 0 Å². The second-order valence-electron chi connectivity index (χ2n) is 6.34. The zero-order valence-corrected chi connectivity index (χ0v) is 14.2. The fourth-order valence-electron chi connectivity index (χ4n) is 2.51. The Balaban J connectivity index is 1.59. The van der Waals surface area contributed by atoms with Crippen LogP contribution in [0.2, 0.25) is 0 Å². The van der Waals surface area contributed by atoms with Crippen molar-refractivity contribution in [1.82, 2.24) is 19.9 Å². The van der Waals surface area contributed by atoms with Crippen LogP contribution in [0.4, 0.5) is 13.2 Å². The Bertz CT molecular complexity index is 485. The van der Waals surface area contributed by atoms with Crippen LogP contribution in [0.1, 0.15) is 37.9 Å². The van der Waals surface area contributed by atoms with E-state index in [4.69, 9.17) is 4.52 Å². The predicted octanol–water partition coefficient (Wildman–Crippen LogP) is 2.28. The van der Waals surface area contributed by atoms with Crippen LogP contribution >= 0.6 is 0 Å². The van der Waals surface area contributed by atoms with E-state index in [0.717, 1.165) is 38.5 Å². The molecule has 1 aromatic heterocycles. The van der Waals surface area contributed by atoms with Gasteiger partial charge in [0.1, 0.15) is 6.61 Å². The molecule has 0 N–H and O–H groups in total. The molecule has 0 unspecified atom stereocenters. The number of nitrogens with zero attached hydrogens (tertiary/aromatic N) is 4.